The highest BCUT2D eigenvalue weighted by Crippen LogP contribution is 2.22. The number of carboxylic acids is 1. The second kappa shape index (κ2) is 11.9. The monoisotopic (exact) mass is 426 g/mol. The minimum absolute atomic E-state index is 0.0604. The van der Waals surface area contributed by atoms with E-state index in [0.29, 0.717) is 19.3 Å². The maximum atomic E-state index is 12.8. The van der Waals surface area contributed by atoms with Gasteiger partial charge in [0, 0.05) is 0 Å². The molecular weight excluding hydrogens is 388 g/mol. The number of carboxylic acid groups (broad SMARTS) is 1. The number of carbonyl (C=O) groups excluding carboxylic acids is 3. The molecule has 0 aromatic carbocycles. The fourth-order valence-electron chi connectivity index (χ4n) is 3.22. The zero-order valence-corrected chi connectivity index (χ0v) is 18.8. The molecule has 1 saturated heterocycles. The van der Waals surface area contributed by atoms with E-state index in [0.717, 1.165) is 19.4 Å². The molecule has 0 aromatic heterocycles. The summed E-state index contributed by atoms with van der Waals surface area (Å²) in [6, 6.07) is -2.18. The summed E-state index contributed by atoms with van der Waals surface area (Å²) in [6.07, 6.45) is 3.20. The molecular formula is C21H38N4O5. The van der Waals surface area contributed by atoms with Crippen LogP contribution in [-0.2, 0) is 19.2 Å². The Balaban J connectivity index is 2.67. The van der Waals surface area contributed by atoms with Crippen LogP contribution in [0.3, 0.4) is 0 Å². The van der Waals surface area contributed by atoms with E-state index in [4.69, 9.17) is 0 Å². The van der Waals surface area contributed by atoms with Gasteiger partial charge in [-0.25, -0.2) is 4.79 Å². The number of carbonyl (C=O) groups is 4. The van der Waals surface area contributed by atoms with Crippen molar-refractivity contribution in [3.05, 3.63) is 0 Å². The standard InChI is InChI=1S/C21H38N4O5/c1-6-13(2)17(19(28)24-15(20(29)30)9-10-21(3,4)5)25-16(26)12-23-18(27)14-8-7-11-22-14/h13-15,17,22H,6-12H2,1-5H3,(H,23,27)(H,24,28)(H,25,26)(H,29,30)/t13?,14-,15?,17?/m0/s1. The van der Waals surface area contributed by atoms with Crippen molar-refractivity contribution in [2.45, 2.75) is 84.8 Å². The molecule has 1 fully saturated rings. The number of hydrogen-bond donors (Lipinski definition) is 5. The second-order valence-electron chi connectivity index (χ2n) is 9.30. The van der Waals surface area contributed by atoms with Crippen LogP contribution in [0.4, 0.5) is 0 Å². The first-order valence-corrected chi connectivity index (χ1v) is 10.8. The van der Waals surface area contributed by atoms with Crippen molar-refractivity contribution >= 4 is 23.7 Å². The SMILES string of the molecule is CCC(C)C(NC(=O)CNC(=O)[C@@H]1CCCN1)C(=O)NC(CCC(C)(C)C)C(=O)O. The van der Waals surface area contributed by atoms with Gasteiger partial charge in [-0.2, -0.15) is 0 Å². The van der Waals surface area contributed by atoms with Crippen LogP contribution >= 0.6 is 0 Å². The lowest BCUT2D eigenvalue weighted by Gasteiger charge is -2.27. The molecule has 1 aliphatic rings. The molecule has 3 unspecified atom stereocenters. The van der Waals surface area contributed by atoms with E-state index in [1.807, 2.05) is 34.6 Å². The molecule has 1 aliphatic heterocycles. The van der Waals surface area contributed by atoms with Crippen LogP contribution in [0.2, 0.25) is 0 Å². The van der Waals surface area contributed by atoms with Crippen molar-refractivity contribution in [1.82, 2.24) is 21.3 Å². The van der Waals surface area contributed by atoms with Gasteiger partial charge in [-0.1, -0.05) is 41.0 Å². The lowest BCUT2D eigenvalue weighted by Crippen LogP contribution is -2.55. The van der Waals surface area contributed by atoms with E-state index in [-0.39, 0.29) is 29.8 Å². The molecule has 0 bridgehead atoms. The third kappa shape index (κ3) is 9.11. The van der Waals surface area contributed by atoms with Gasteiger partial charge < -0.3 is 26.4 Å². The lowest BCUT2D eigenvalue weighted by molar-refractivity contribution is -0.143. The predicted octanol–water partition coefficient (Wildman–Crippen LogP) is 0.781. The fourth-order valence-corrected chi connectivity index (χ4v) is 3.22. The average Bonchev–Trinajstić information content (AvgIpc) is 3.20. The number of amides is 3. The smallest absolute Gasteiger partial charge is 0.326 e. The van der Waals surface area contributed by atoms with Gasteiger partial charge in [-0.15, -0.1) is 0 Å². The second-order valence-corrected chi connectivity index (χ2v) is 9.30. The summed E-state index contributed by atoms with van der Waals surface area (Å²) in [4.78, 5) is 48.7. The van der Waals surface area contributed by atoms with Gasteiger partial charge in [0.25, 0.3) is 0 Å². The summed E-state index contributed by atoms with van der Waals surface area (Å²) in [7, 11) is 0. The maximum absolute atomic E-state index is 12.8. The summed E-state index contributed by atoms with van der Waals surface area (Å²) in [5.41, 5.74) is -0.0604. The van der Waals surface area contributed by atoms with Crippen molar-refractivity contribution in [3.63, 3.8) is 0 Å². The molecule has 0 radical (unpaired) electrons. The van der Waals surface area contributed by atoms with Crippen LogP contribution in [-0.4, -0.2) is 60.0 Å². The molecule has 9 nitrogen and oxygen atoms in total. The minimum Gasteiger partial charge on any atom is -0.480 e. The van der Waals surface area contributed by atoms with Crippen molar-refractivity contribution in [1.29, 1.82) is 0 Å². The molecule has 9 heteroatoms. The first kappa shape index (κ1) is 25.9. The maximum Gasteiger partial charge on any atom is 0.326 e. The first-order chi connectivity index (χ1) is 13.9. The quantitative estimate of drug-likeness (QED) is 0.331. The van der Waals surface area contributed by atoms with Gasteiger partial charge in [-0.3, -0.25) is 14.4 Å². The highest BCUT2D eigenvalue weighted by Gasteiger charge is 2.30. The number of hydrogen-bond acceptors (Lipinski definition) is 5. The fraction of sp³-hybridized carbons (Fsp3) is 0.810. The largest absolute Gasteiger partial charge is 0.480 e. The van der Waals surface area contributed by atoms with Gasteiger partial charge in [0.15, 0.2) is 0 Å². The van der Waals surface area contributed by atoms with Gasteiger partial charge >= 0.3 is 5.97 Å². The minimum atomic E-state index is -1.10. The molecule has 5 N–H and O–H groups in total. The molecule has 0 aliphatic carbocycles. The Labute approximate surface area is 179 Å². The van der Waals surface area contributed by atoms with Crippen molar-refractivity contribution in [2.75, 3.05) is 13.1 Å². The van der Waals surface area contributed by atoms with Crippen LogP contribution in [0.15, 0.2) is 0 Å². The van der Waals surface area contributed by atoms with E-state index in [1.165, 1.54) is 0 Å². The van der Waals surface area contributed by atoms with Crippen molar-refractivity contribution in [2.24, 2.45) is 11.3 Å². The number of aliphatic carboxylic acids is 1. The third-order valence-corrected chi connectivity index (χ3v) is 5.41. The topological polar surface area (TPSA) is 137 Å². The van der Waals surface area contributed by atoms with E-state index < -0.39 is 29.9 Å². The molecule has 3 amide bonds. The highest BCUT2D eigenvalue weighted by atomic mass is 16.4. The molecule has 172 valence electrons. The van der Waals surface area contributed by atoms with Crippen LogP contribution < -0.4 is 21.3 Å². The van der Waals surface area contributed by atoms with Crippen LogP contribution in [0.5, 0.6) is 0 Å². The highest BCUT2D eigenvalue weighted by molar-refractivity contribution is 5.92. The Bertz CT molecular complexity index is 611. The zero-order valence-electron chi connectivity index (χ0n) is 18.8. The third-order valence-electron chi connectivity index (χ3n) is 5.41. The molecule has 4 atom stereocenters. The molecule has 0 aromatic rings. The molecule has 0 saturated carbocycles. The summed E-state index contributed by atoms with van der Waals surface area (Å²) in [5, 5.41) is 20.3. The van der Waals surface area contributed by atoms with Gasteiger partial charge in [0.05, 0.1) is 12.6 Å². The van der Waals surface area contributed by atoms with E-state index in [9.17, 15) is 24.3 Å². The summed E-state index contributed by atoms with van der Waals surface area (Å²) >= 11 is 0. The lowest BCUT2D eigenvalue weighted by atomic mass is 9.88. The van der Waals surface area contributed by atoms with Crippen LogP contribution in [0.25, 0.3) is 0 Å². The summed E-state index contributed by atoms with van der Waals surface area (Å²) < 4.78 is 0. The average molecular weight is 427 g/mol. The van der Waals surface area contributed by atoms with Crippen LogP contribution in [0, 0.1) is 11.3 Å². The molecule has 1 heterocycles. The van der Waals surface area contributed by atoms with Crippen molar-refractivity contribution in [3.8, 4) is 0 Å². The summed E-state index contributed by atoms with van der Waals surface area (Å²) in [6.45, 7) is 10.3. The molecule has 30 heavy (non-hydrogen) atoms. The zero-order chi connectivity index (χ0) is 22.9. The predicted molar refractivity (Wildman–Crippen MR) is 114 cm³/mol. The molecule has 1 rings (SSSR count). The normalized spacial score (nSPS) is 19.4. The number of rotatable bonds is 11. The van der Waals surface area contributed by atoms with Gasteiger partial charge in [0.2, 0.25) is 17.7 Å². The van der Waals surface area contributed by atoms with E-state index in [1.54, 1.807) is 0 Å². The van der Waals surface area contributed by atoms with Gasteiger partial charge in [-0.05, 0) is 43.6 Å². The van der Waals surface area contributed by atoms with Gasteiger partial charge in [0.1, 0.15) is 12.1 Å². The Morgan fingerprint density at radius 2 is 1.83 bits per heavy atom. The first-order valence-electron chi connectivity index (χ1n) is 10.8. The Hall–Kier alpha value is -2.16. The molecule has 0 spiro atoms. The number of nitrogens with one attached hydrogen (secondary N) is 4. The Morgan fingerprint density at radius 3 is 2.33 bits per heavy atom. The van der Waals surface area contributed by atoms with Crippen LogP contribution in [0.1, 0.15) is 66.7 Å². The van der Waals surface area contributed by atoms with Crippen molar-refractivity contribution < 1.29 is 24.3 Å². The summed E-state index contributed by atoms with van der Waals surface area (Å²) in [5.74, 6) is -2.54. The Morgan fingerprint density at radius 1 is 1.17 bits per heavy atom. The Kier molecular flexibility index (Phi) is 10.2. The van der Waals surface area contributed by atoms with E-state index in [2.05, 4.69) is 21.3 Å². The van der Waals surface area contributed by atoms with E-state index >= 15 is 0 Å².